The first-order valence-electron chi connectivity index (χ1n) is 9.94. The highest BCUT2D eigenvalue weighted by Crippen LogP contribution is 2.70. The summed E-state index contributed by atoms with van der Waals surface area (Å²) in [5, 5.41) is 40.2. The molecule has 2 saturated heterocycles. The van der Waals surface area contributed by atoms with Crippen molar-refractivity contribution in [2.24, 2.45) is 10.8 Å². The average molecular weight is 507 g/mol. The zero-order chi connectivity index (χ0) is 24.0. The van der Waals surface area contributed by atoms with Crippen LogP contribution < -0.4 is 9.47 Å². The molecule has 2 aliphatic heterocycles. The van der Waals surface area contributed by atoms with Crippen LogP contribution in [0.1, 0.15) is 30.1 Å². The molecule has 0 radical (unpaired) electrons. The lowest BCUT2D eigenvalue weighted by molar-refractivity contribution is -0.254. The molecule has 8 nitrogen and oxygen atoms in total. The quantitative estimate of drug-likeness (QED) is 0.640. The Labute approximate surface area is 199 Å². The van der Waals surface area contributed by atoms with E-state index in [0.29, 0.717) is 27.1 Å². The number of fused-ring (bicyclic) bond motifs is 2. The number of hydrogen-bond acceptors (Lipinski definition) is 8. The highest BCUT2D eigenvalue weighted by molar-refractivity contribution is 9.10. The third kappa shape index (κ3) is 2.78. The Balaban J connectivity index is 2.08. The summed E-state index contributed by atoms with van der Waals surface area (Å²) in [6, 6.07) is 18.3. The Morgan fingerprint density at radius 2 is 1.61 bits per heavy atom. The maximum absolute atomic E-state index is 10.6. The van der Waals surface area contributed by atoms with Crippen molar-refractivity contribution in [3.63, 3.8) is 0 Å². The van der Waals surface area contributed by atoms with Crippen LogP contribution in [0.3, 0.4) is 0 Å². The zero-order valence-electron chi connectivity index (χ0n) is 18.0. The zero-order valence-corrected chi connectivity index (χ0v) is 19.6. The summed E-state index contributed by atoms with van der Waals surface area (Å²) in [5.41, 5.74) is -3.25. The number of para-hydroxylation sites is 1. The fourth-order valence-electron chi connectivity index (χ4n) is 5.04. The van der Waals surface area contributed by atoms with Gasteiger partial charge in [0.05, 0.1) is 38.3 Å². The topological polar surface area (TPSA) is 132 Å². The number of nitriles is 3. The molecule has 2 aliphatic rings. The van der Waals surface area contributed by atoms with Gasteiger partial charge in [0, 0.05) is 22.5 Å². The van der Waals surface area contributed by atoms with Gasteiger partial charge in [-0.2, -0.15) is 15.8 Å². The molecule has 2 aromatic rings. The van der Waals surface area contributed by atoms with Crippen LogP contribution in [0, 0.1) is 50.2 Å². The molecular weight excluding hydrogens is 488 g/mol. The molecule has 2 bridgehead atoms. The minimum Gasteiger partial charge on any atom is -0.496 e. The molecule has 2 aromatic carbocycles. The van der Waals surface area contributed by atoms with Crippen LogP contribution in [0.25, 0.3) is 0 Å². The Morgan fingerprint density at radius 3 is 2.21 bits per heavy atom. The van der Waals surface area contributed by atoms with E-state index in [9.17, 15) is 15.8 Å². The smallest absolute Gasteiger partial charge is 0.219 e. The van der Waals surface area contributed by atoms with E-state index in [1.807, 2.05) is 12.1 Å². The first-order valence-corrected chi connectivity index (χ1v) is 10.7. The molecule has 1 N–H and O–H groups in total. The summed E-state index contributed by atoms with van der Waals surface area (Å²) in [6.07, 6.45) is -1.25. The second-order valence-corrected chi connectivity index (χ2v) is 8.87. The lowest BCUT2D eigenvalue weighted by Gasteiger charge is -2.49. The molecule has 2 fully saturated rings. The largest absolute Gasteiger partial charge is 0.496 e. The van der Waals surface area contributed by atoms with Gasteiger partial charge in [0.1, 0.15) is 17.6 Å². The van der Waals surface area contributed by atoms with E-state index in [-0.39, 0.29) is 0 Å². The molecule has 0 spiro atoms. The fraction of sp³-hybridized carbons (Fsp3) is 0.333. The van der Waals surface area contributed by atoms with Crippen molar-refractivity contribution in [2.45, 2.75) is 24.7 Å². The van der Waals surface area contributed by atoms with Gasteiger partial charge in [0.15, 0.2) is 5.41 Å². The predicted molar refractivity (Wildman–Crippen MR) is 119 cm³/mol. The van der Waals surface area contributed by atoms with Crippen LogP contribution in [0.2, 0.25) is 0 Å². The minimum absolute atomic E-state index is 0.372. The number of rotatable bonds is 4. The molecule has 0 saturated carbocycles. The lowest BCUT2D eigenvalue weighted by atomic mass is 9.52. The molecule has 33 heavy (non-hydrogen) atoms. The van der Waals surface area contributed by atoms with E-state index in [2.05, 4.69) is 22.0 Å². The minimum atomic E-state index is -2.14. The lowest BCUT2D eigenvalue weighted by Crippen LogP contribution is -2.57. The van der Waals surface area contributed by atoms with Crippen molar-refractivity contribution in [1.29, 1.82) is 21.2 Å². The van der Waals surface area contributed by atoms with Crippen LogP contribution in [0.5, 0.6) is 11.5 Å². The normalized spacial score (nSPS) is 29.2. The number of hydrogen-bond donors (Lipinski definition) is 1. The van der Waals surface area contributed by atoms with Gasteiger partial charge in [0.2, 0.25) is 17.1 Å². The molecule has 2 heterocycles. The second kappa shape index (κ2) is 7.78. The molecule has 0 aromatic heterocycles. The van der Waals surface area contributed by atoms with Crippen LogP contribution in [0.4, 0.5) is 0 Å². The average Bonchev–Trinajstić information content (AvgIpc) is 3.01. The Kier molecular flexibility index (Phi) is 5.33. The maximum atomic E-state index is 10.6. The van der Waals surface area contributed by atoms with Crippen LogP contribution in [-0.2, 0) is 9.47 Å². The number of nitrogens with zero attached hydrogens (tertiary/aromatic N) is 3. The molecule has 4 rings (SSSR count). The van der Waals surface area contributed by atoms with E-state index < -0.39 is 34.5 Å². The third-order valence-electron chi connectivity index (χ3n) is 6.44. The van der Waals surface area contributed by atoms with Crippen molar-refractivity contribution >= 4 is 21.8 Å². The van der Waals surface area contributed by atoms with Crippen LogP contribution in [-0.4, -0.2) is 25.9 Å². The number of ether oxygens (including phenoxy) is 4. The van der Waals surface area contributed by atoms with Crippen molar-refractivity contribution in [3.05, 3.63) is 58.1 Å². The number of halogens is 1. The van der Waals surface area contributed by atoms with E-state index in [4.69, 9.17) is 24.4 Å². The summed E-state index contributed by atoms with van der Waals surface area (Å²) >= 11 is 3.41. The SMILES string of the molecule is COc1ccc(Br)cc1C1OC2(C)OC(=N)C(C#N)(C2c2ccccc2OC)C1(C#N)C#N. The van der Waals surface area contributed by atoms with Gasteiger partial charge in [-0.05, 0) is 24.3 Å². The Morgan fingerprint density at radius 1 is 0.970 bits per heavy atom. The molecule has 0 amide bonds. The first kappa shape index (κ1) is 22.6. The Hall–Kier alpha value is -3.58. The van der Waals surface area contributed by atoms with Crippen molar-refractivity contribution in [1.82, 2.24) is 0 Å². The van der Waals surface area contributed by atoms with Gasteiger partial charge in [-0.25, -0.2) is 0 Å². The standard InChI is InChI=1S/C24H19BrN4O4/c1-22-19(15-6-4-5-7-17(15)30-2)24(13-28,21(29)33-22)23(11-26,12-27)20(32-22)16-10-14(25)8-9-18(16)31-3/h4-10,19-20,29H,1-3H3. The Bertz CT molecular complexity index is 1260. The van der Waals surface area contributed by atoms with E-state index in [0.717, 1.165) is 0 Å². The number of nitrogens with one attached hydrogen (secondary N) is 1. The fourth-order valence-corrected chi connectivity index (χ4v) is 5.42. The van der Waals surface area contributed by atoms with E-state index in [1.165, 1.54) is 14.2 Å². The van der Waals surface area contributed by atoms with Crippen molar-refractivity contribution in [3.8, 4) is 29.7 Å². The molecule has 166 valence electrons. The summed E-state index contributed by atoms with van der Waals surface area (Å²) in [4.78, 5) is 0. The monoisotopic (exact) mass is 506 g/mol. The van der Waals surface area contributed by atoms with Gasteiger partial charge in [-0.3, -0.25) is 5.41 Å². The summed E-state index contributed by atoms with van der Waals surface area (Å²) in [7, 11) is 2.94. The molecule has 9 heteroatoms. The van der Waals surface area contributed by atoms with Crippen LogP contribution in [0.15, 0.2) is 46.9 Å². The molecule has 4 atom stereocenters. The highest BCUT2D eigenvalue weighted by atomic mass is 79.9. The summed E-state index contributed by atoms with van der Waals surface area (Å²) < 4.78 is 23.9. The molecule has 0 aliphatic carbocycles. The molecular formula is C24H19BrN4O4. The summed E-state index contributed by atoms with van der Waals surface area (Å²) in [5.74, 6) is -2.23. The van der Waals surface area contributed by atoms with Gasteiger partial charge in [-0.1, -0.05) is 34.1 Å². The van der Waals surface area contributed by atoms with E-state index in [1.54, 1.807) is 49.4 Å². The van der Waals surface area contributed by atoms with Crippen molar-refractivity contribution in [2.75, 3.05) is 14.2 Å². The second-order valence-electron chi connectivity index (χ2n) is 7.96. The summed E-state index contributed by atoms with van der Waals surface area (Å²) in [6.45, 7) is 1.61. The number of methoxy groups -OCH3 is 2. The highest BCUT2D eigenvalue weighted by Gasteiger charge is 2.80. The van der Waals surface area contributed by atoms with Gasteiger partial charge < -0.3 is 18.9 Å². The van der Waals surface area contributed by atoms with Crippen molar-refractivity contribution < 1.29 is 18.9 Å². The van der Waals surface area contributed by atoms with E-state index >= 15 is 0 Å². The molecule has 4 unspecified atom stereocenters. The first-order chi connectivity index (χ1) is 15.8. The number of benzene rings is 2. The van der Waals surface area contributed by atoms with Crippen LogP contribution >= 0.6 is 15.9 Å². The maximum Gasteiger partial charge on any atom is 0.219 e. The van der Waals surface area contributed by atoms with Gasteiger partial charge in [0.25, 0.3) is 0 Å². The third-order valence-corrected chi connectivity index (χ3v) is 6.93. The predicted octanol–water partition coefficient (Wildman–Crippen LogP) is 4.59. The van der Waals surface area contributed by atoms with Gasteiger partial charge >= 0.3 is 0 Å². The van der Waals surface area contributed by atoms with Gasteiger partial charge in [-0.15, -0.1) is 0 Å².